The Kier molecular flexibility index (Phi) is 4.00. The van der Waals surface area contributed by atoms with E-state index in [0.29, 0.717) is 5.75 Å². The molecule has 0 aromatic heterocycles. The normalized spacial score (nSPS) is 16.0. The summed E-state index contributed by atoms with van der Waals surface area (Å²) in [6, 6.07) is 16.1. The van der Waals surface area contributed by atoms with Crippen molar-refractivity contribution in [3.8, 4) is 5.75 Å². The molecule has 0 amide bonds. The largest absolute Gasteiger partial charge is 0.508 e. The quantitative estimate of drug-likeness (QED) is 0.883. The summed E-state index contributed by atoms with van der Waals surface area (Å²) in [6.07, 6.45) is 2.57. The summed E-state index contributed by atoms with van der Waals surface area (Å²) in [7, 11) is 0. The highest BCUT2D eigenvalue weighted by molar-refractivity contribution is 5.59. The van der Waals surface area contributed by atoms with Crippen LogP contribution in [0.5, 0.6) is 5.75 Å². The molecule has 1 heterocycles. The van der Waals surface area contributed by atoms with Crippen LogP contribution in [-0.4, -0.2) is 18.2 Å². The van der Waals surface area contributed by atoms with Crippen LogP contribution < -0.4 is 10.2 Å². The maximum atomic E-state index is 9.94. The van der Waals surface area contributed by atoms with Crippen LogP contribution >= 0.6 is 0 Å². The maximum absolute atomic E-state index is 9.94. The van der Waals surface area contributed by atoms with Gasteiger partial charge in [-0.15, -0.1) is 0 Å². The lowest BCUT2D eigenvalue weighted by Gasteiger charge is -2.21. The second kappa shape index (κ2) is 6.08. The topological polar surface area (TPSA) is 35.5 Å². The summed E-state index contributed by atoms with van der Waals surface area (Å²) in [5.74, 6) is 0.341. The number of aromatic hydroxyl groups is 1. The van der Waals surface area contributed by atoms with E-state index in [1.54, 1.807) is 6.07 Å². The zero-order chi connectivity index (χ0) is 14.7. The molecule has 0 aliphatic carbocycles. The lowest BCUT2D eigenvalue weighted by Crippen LogP contribution is -2.17. The Morgan fingerprint density at radius 3 is 2.57 bits per heavy atom. The first-order valence-corrected chi connectivity index (χ1v) is 7.63. The van der Waals surface area contributed by atoms with Crippen molar-refractivity contribution in [2.45, 2.75) is 25.8 Å². The van der Waals surface area contributed by atoms with Crippen LogP contribution in [0.2, 0.25) is 0 Å². The molecule has 0 spiro atoms. The van der Waals surface area contributed by atoms with Crippen molar-refractivity contribution in [2.24, 2.45) is 0 Å². The Morgan fingerprint density at radius 2 is 1.81 bits per heavy atom. The van der Waals surface area contributed by atoms with Gasteiger partial charge in [-0.2, -0.15) is 0 Å². The summed E-state index contributed by atoms with van der Waals surface area (Å²) in [6.45, 7) is 4.37. The number of anilines is 2. The van der Waals surface area contributed by atoms with Crippen molar-refractivity contribution >= 4 is 11.4 Å². The molecule has 1 aliphatic heterocycles. The van der Waals surface area contributed by atoms with E-state index in [1.165, 1.54) is 18.5 Å². The molecular weight excluding hydrogens is 260 g/mol. The number of para-hydroxylation sites is 1. The van der Waals surface area contributed by atoms with E-state index in [1.807, 2.05) is 18.2 Å². The number of hydrogen-bond donors (Lipinski definition) is 2. The van der Waals surface area contributed by atoms with E-state index in [-0.39, 0.29) is 6.04 Å². The van der Waals surface area contributed by atoms with E-state index < -0.39 is 0 Å². The molecule has 0 saturated carbocycles. The first-order chi connectivity index (χ1) is 10.2. The minimum Gasteiger partial charge on any atom is -0.508 e. The molecule has 0 bridgehead atoms. The van der Waals surface area contributed by atoms with Gasteiger partial charge >= 0.3 is 0 Å². The molecule has 2 aromatic carbocycles. The van der Waals surface area contributed by atoms with Crippen molar-refractivity contribution < 1.29 is 5.11 Å². The number of nitrogens with one attached hydrogen (secondary N) is 1. The highest BCUT2D eigenvalue weighted by Crippen LogP contribution is 2.29. The van der Waals surface area contributed by atoms with E-state index in [0.717, 1.165) is 24.3 Å². The lowest BCUT2D eigenvalue weighted by molar-refractivity contribution is 0.465. The Balaban J connectivity index is 1.75. The van der Waals surface area contributed by atoms with Crippen LogP contribution in [-0.2, 0) is 0 Å². The predicted molar refractivity (Wildman–Crippen MR) is 88.0 cm³/mol. The Labute approximate surface area is 126 Å². The Morgan fingerprint density at radius 1 is 1.05 bits per heavy atom. The molecule has 1 unspecified atom stereocenters. The molecule has 3 nitrogen and oxygen atoms in total. The van der Waals surface area contributed by atoms with E-state index in [4.69, 9.17) is 0 Å². The number of rotatable bonds is 4. The zero-order valence-electron chi connectivity index (χ0n) is 12.4. The SMILES string of the molecule is CC(Nc1cccc(N2CCCC2)c1)c1ccccc1O. The molecule has 3 heteroatoms. The van der Waals surface area contributed by atoms with Gasteiger partial charge in [0.1, 0.15) is 5.75 Å². The van der Waals surface area contributed by atoms with Crippen LogP contribution in [0, 0.1) is 0 Å². The summed E-state index contributed by atoms with van der Waals surface area (Å²) >= 11 is 0. The van der Waals surface area contributed by atoms with Crippen LogP contribution in [0.3, 0.4) is 0 Å². The number of nitrogens with zero attached hydrogens (tertiary/aromatic N) is 1. The average molecular weight is 282 g/mol. The van der Waals surface area contributed by atoms with Crippen molar-refractivity contribution in [2.75, 3.05) is 23.3 Å². The van der Waals surface area contributed by atoms with E-state index >= 15 is 0 Å². The smallest absolute Gasteiger partial charge is 0.120 e. The van der Waals surface area contributed by atoms with Crippen LogP contribution in [0.1, 0.15) is 31.4 Å². The molecule has 1 fully saturated rings. The minimum atomic E-state index is 0.0695. The monoisotopic (exact) mass is 282 g/mol. The third-order valence-electron chi connectivity index (χ3n) is 4.10. The second-order valence-electron chi connectivity index (χ2n) is 5.67. The fourth-order valence-corrected chi connectivity index (χ4v) is 2.95. The molecule has 2 aromatic rings. The zero-order valence-corrected chi connectivity index (χ0v) is 12.4. The van der Waals surface area contributed by atoms with Gasteiger partial charge in [0, 0.05) is 30.0 Å². The molecule has 1 saturated heterocycles. The van der Waals surface area contributed by atoms with Crippen molar-refractivity contribution in [1.29, 1.82) is 0 Å². The summed E-state index contributed by atoms with van der Waals surface area (Å²) in [5.41, 5.74) is 3.29. The third-order valence-corrected chi connectivity index (χ3v) is 4.10. The van der Waals surface area contributed by atoms with Gasteiger partial charge < -0.3 is 15.3 Å². The van der Waals surface area contributed by atoms with Crippen LogP contribution in [0.25, 0.3) is 0 Å². The molecule has 110 valence electrons. The summed E-state index contributed by atoms with van der Waals surface area (Å²) < 4.78 is 0. The fourth-order valence-electron chi connectivity index (χ4n) is 2.95. The molecule has 0 radical (unpaired) electrons. The lowest BCUT2D eigenvalue weighted by atomic mass is 10.1. The van der Waals surface area contributed by atoms with Crippen molar-refractivity contribution in [3.05, 3.63) is 54.1 Å². The summed E-state index contributed by atoms with van der Waals surface area (Å²) in [5, 5.41) is 13.4. The van der Waals surface area contributed by atoms with E-state index in [9.17, 15) is 5.11 Å². The van der Waals surface area contributed by atoms with Gasteiger partial charge in [-0.3, -0.25) is 0 Å². The van der Waals surface area contributed by atoms with Gasteiger partial charge in [-0.25, -0.2) is 0 Å². The number of hydrogen-bond acceptors (Lipinski definition) is 3. The van der Waals surface area contributed by atoms with E-state index in [2.05, 4.69) is 41.4 Å². The number of phenolic OH excluding ortho intramolecular Hbond substituents is 1. The third kappa shape index (κ3) is 3.13. The average Bonchev–Trinajstić information content (AvgIpc) is 3.02. The minimum absolute atomic E-state index is 0.0695. The van der Waals surface area contributed by atoms with Gasteiger partial charge in [0.2, 0.25) is 0 Å². The number of phenols is 1. The van der Waals surface area contributed by atoms with Gasteiger partial charge in [0.05, 0.1) is 6.04 Å². The van der Waals surface area contributed by atoms with Crippen molar-refractivity contribution in [1.82, 2.24) is 0 Å². The standard InChI is InChI=1S/C18H22N2O/c1-14(17-9-2-3-10-18(17)21)19-15-7-6-8-16(13-15)20-11-4-5-12-20/h2-3,6-10,13-14,19,21H,4-5,11-12H2,1H3. The molecule has 1 atom stereocenters. The fraction of sp³-hybridized carbons (Fsp3) is 0.333. The maximum Gasteiger partial charge on any atom is 0.120 e. The Hall–Kier alpha value is -2.16. The first-order valence-electron chi connectivity index (χ1n) is 7.63. The highest BCUT2D eigenvalue weighted by Gasteiger charge is 2.13. The van der Waals surface area contributed by atoms with Gasteiger partial charge in [-0.1, -0.05) is 24.3 Å². The van der Waals surface area contributed by atoms with Gasteiger partial charge in [-0.05, 0) is 44.0 Å². The van der Waals surface area contributed by atoms with Gasteiger partial charge in [0.15, 0.2) is 0 Å². The van der Waals surface area contributed by atoms with Gasteiger partial charge in [0.25, 0.3) is 0 Å². The van der Waals surface area contributed by atoms with Crippen LogP contribution in [0.4, 0.5) is 11.4 Å². The predicted octanol–water partition coefficient (Wildman–Crippen LogP) is 4.17. The number of benzene rings is 2. The summed E-state index contributed by atoms with van der Waals surface area (Å²) in [4.78, 5) is 2.43. The molecular formula is C18H22N2O. The first kappa shape index (κ1) is 13.8. The van der Waals surface area contributed by atoms with Crippen molar-refractivity contribution in [3.63, 3.8) is 0 Å². The molecule has 3 rings (SSSR count). The van der Waals surface area contributed by atoms with Crippen LogP contribution in [0.15, 0.2) is 48.5 Å². The Bertz CT molecular complexity index is 606. The second-order valence-corrected chi connectivity index (χ2v) is 5.67. The molecule has 21 heavy (non-hydrogen) atoms. The molecule has 1 aliphatic rings. The highest BCUT2D eigenvalue weighted by atomic mass is 16.3. The molecule has 2 N–H and O–H groups in total.